The van der Waals surface area contributed by atoms with E-state index in [2.05, 4.69) is 25.3 Å². The van der Waals surface area contributed by atoms with Crippen molar-refractivity contribution in [2.24, 2.45) is 47.3 Å². The summed E-state index contributed by atoms with van der Waals surface area (Å²) in [4.78, 5) is 0. The second kappa shape index (κ2) is 1.68. The SMILES string of the molecule is C=CC12OC3(C=C)C4C5CC(C6C5C3C61)C42. The smallest absolute Gasteiger partial charge is 0.0941 e. The molecule has 10 atom stereocenters. The van der Waals surface area contributed by atoms with Crippen molar-refractivity contribution in [1.82, 2.24) is 0 Å². The molecule has 5 aliphatic carbocycles. The van der Waals surface area contributed by atoms with Gasteiger partial charge in [0.1, 0.15) is 0 Å². The van der Waals surface area contributed by atoms with Gasteiger partial charge in [-0.3, -0.25) is 0 Å². The van der Waals surface area contributed by atoms with Gasteiger partial charge in [-0.05, 0) is 30.1 Å². The molecule has 5 saturated carbocycles. The Bertz CT molecular complexity index is 436. The largest absolute Gasteiger partial charge is 0.359 e. The lowest BCUT2D eigenvalue weighted by Crippen LogP contribution is -2.50. The molecule has 2 heterocycles. The maximum absolute atomic E-state index is 6.61. The first-order valence-corrected chi connectivity index (χ1v) is 6.77. The predicted molar refractivity (Wildman–Crippen MR) is 59.5 cm³/mol. The van der Waals surface area contributed by atoms with Crippen molar-refractivity contribution in [1.29, 1.82) is 0 Å². The fraction of sp³-hybridized carbons (Fsp3) is 0.733. The Morgan fingerprint density at radius 3 is 1.81 bits per heavy atom. The Morgan fingerprint density at radius 2 is 1.38 bits per heavy atom. The summed E-state index contributed by atoms with van der Waals surface area (Å²) in [7, 11) is 0. The van der Waals surface area contributed by atoms with Crippen LogP contribution in [0.25, 0.3) is 0 Å². The van der Waals surface area contributed by atoms with Crippen LogP contribution in [0.5, 0.6) is 0 Å². The molecule has 82 valence electrons. The Balaban J connectivity index is 1.78. The third-order valence-corrected chi connectivity index (χ3v) is 7.58. The van der Waals surface area contributed by atoms with Crippen LogP contribution in [-0.4, -0.2) is 11.2 Å². The van der Waals surface area contributed by atoms with Gasteiger partial charge < -0.3 is 4.74 Å². The van der Waals surface area contributed by atoms with E-state index in [1.807, 2.05) is 0 Å². The Labute approximate surface area is 95.5 Å². The van der Waals surface area contributed by atoms with Crippen LogP contribution in [0.3, 0.4) is 0 Å². The maximum atomic E-state index is 6.61. The summed E-state index contributed by atoms with van der Waals surface area (Å²) >= 11 is 0. The maximum Gasteiger partial charge on any atom is 0.0941 e. The molecule has 0 radical (unpaired) electrons. The summed E-state index contributed by atoms with van der Waals surface area (Å²) in [5, 5.41) is 0. The average molecular weight is 212 g/mol. The third kappa shape index (κ3) is 0.365. The van der Waals surface area contributed by atoms with Crippen molar-refractivity contribution >= 4 is 0 Å². The summed E-state index contributed by atoms with van der Waals surface area (Å²) in [5.41, 5.74) is 0.168. The number of ether oxygens (including phenoxy) is 1. The van der Waals surface area contributed by atoms with Crippen LogP contribution in [0.15, 0.2) is 25.3 Å². The molecule has 0 aromatic heterocycles. The van der Waals surface area contributed by atoms with E-state index >= 15 is 0 Å². The van der Waals surface area contributed by atoms with Gasteiger partial charge in [-0.15, -0.1) is 13.2 Å². The highest BCUT2D eigenvalue weighted by Crippen LogP contribution is 2.93. The van der Waals surface area contributed by atoms with E-state index in [1.54, 1.807) is 0 Å². The lowest BCUT2D eigenvalue weighted by atomic mass is 9.55. The van der Waals surface area contributed by atoms with E-state index in [0.717, 1.165) is 47.3 Å². The van der Waals surface area contributed by atoms with Crippen LogP contribution in [0, 0.1) is 47.3 Å². The lowest BCUT2D eigenvalue weighted by Gasteiger charge is -2.46. The molecule has 0 N–H and O–H groups in total. The van der Waals surface area contributed by atoms with Crippen molar-refractivity contribution in [2.75, 3.05) is 0 Å². The first-order chi connectivity index (χ1) is 7.80. The molecule has 2 aliphatic heterocycles. The molecule has 7 fully saturated rings. The second-order valence-corrected chi connectivity index (χ2v) is 7.04. The summed E-state index contributed by atoms with van der Waals surface area (Å²) in [5.74, 6) is 7.29. The molecule has 16 heavy (non-hydrogen) atoms. The molecule has 0 spiro atoms. The zero-order valence-corrected chi connectivity index (χ0v) is 9.30. The van der Waals surface area contributed by atoms with Crippen molar-refractivity contribution < 1.29 is 4.74 Å². The molecule has 0 aromatic rings. The minimum absolute atomic E-state index is 0.0839. The van der Waals surface area contributed by atoms with Crippen LogP contribution in [0.1, 0.15) is 6.42 Å². The zero-order valence-electron chi connectivity index (χ0n) is 9.30. The Morgan fingerprint density at radius 1 is 0.875 bits per heavy atom. The summed E-state index contributed by atoms with van der Waals surface area (Å²) in [6, 6.07) is 0. The monoisotopic (exact) mass is 212 g/mol. The zero-order chi connectivity index (χ0) is 10.4. The van der Waals surface area contributed by atoms with Gasteiger partial charge in [-0.1, -0.05) is 12.2 Å². The minimum Gasteiger partial charge on any atom is -0.359 e. The van der Waals surface area contributed by atoms with Crippen LogP contribution in [-0.2, 0) is 4.74 Å². The normalized spacial score (nSPS) is 82.2. The van der Waals surface area contributed by atoms with E-state index < -0.39 is 0 Å². The minimum atomic E-state index is 0.0839. The van der Waals surface area contributed by atoms with Crippen molar-refractivity contribution in [3.05, 3.63) is 25.3 Å². The molecule has 7 rings (SSSR count). The molecule has 4 bridgehead atoms. The number of rotatable bonds is 2. The fourth-order valence-electron chi connectivity index (χ4n) is 7.89. The van der Waals surface area contributed by atoms with Gasteiger partial charge in [-0.2, -0.15) is 0 Å². The third-order valence-electron chi connectivity index (χ3n) is 7.58. The second-order valence-electron chi connectivity index (χ2n) is 7.04. The molecule has 0 aromatic carbocycles. The van der Waals surface area contributed by atoms with Crippen molar-refractivity contribution in [3.63, 3.8) is 0 Å². The summed E-state index contributed by atoms with van der Waals surface area (Å²) in [6.45, 7) is 8.24. The van der Waals surface area contributed by atoms with Gasteiger partial charge in [0, 0.05) is 23.7 Å². The van der Waals surface area contributed by atoms with Crippen LogP contribution < -0.4 is 0 Å². The highest BCUT2D eigenvalue weighted by Gasteiger charge is 2.95. The molecule has 2 saturated heterocycles. The van der Waals surface area contributed by atoms with Gasteiger partial charge in [0.15, 0.2) is 0 Å². The first kappa shape index (κ1) is 7.71. The Kier molecular flexibility index (Phi) is 0.808. The van der Waals surface area contributed by atoms with Crippen LogP contribution in [0.4, 0.5) is 0 Å². The molecule has 10 unspecified atom stereocenters. The fourth-order valence-corrected chi connectivity index (χ4v) is 7.89. The summed E-state index contributed by atoms with van der Waals surface area (Å²) in [6.07, 6.45) is 5.86. The topological polar surface area (TPSA) is 9.23 Å². The highest BCUT2D eigenvalue weighted by molar-refractivity contribution is 5.47. The quantitative estimate of drug-likeness (QED) is 0.638. The van der Waals surface area contributed by atoms with E-state index in [-0.39, 0.29) is 11.2 Å². The highest BCUT2D eigenvalue weighted by atomic mass is 16.5. The molecular weight excluding hydrogens is 196 g/mol. The predicted octanol–water partition coefficient (Wildman–Crippen LogP) is 2.25. The number of hydrogen-bond acceptors (Lipinski definition) is 1. The molecular formula is C15H16O. The Hall–Kier alpha value is -0.560. The van der Waals surface area contributed by atoms with Gasteiger partial charge >= 0.3 is 0 Å². The molecule has 0 amide bonds. The van der Waals surface area contributed by atoms with E-state index in [0.29, 0.717) is 0 Å². The van der Waals surface area contributed by atoms with Crippen molar-refractivity contribution in [3.8, 4) is 0 Å². The first-order valence-electron chi connectivity index (χ1n) is 6.77. The van der Waals surface area contributed by atoms with E-state index in [1.165, 1.54) is 6.42 Å². The molecule has 7 aliphatic rings. The lowest BCUT2D eigenvalue weighted by molar-refractivity contribution is -0.0178. The average Bonchev–Trinajstić information content (AvgIpc) is 2.86. The summed E-state index contributed by atoms with van der Waals surface area (Å²) < 4.78 is 6.61. The van der Waals surface area contributed by atoms with Gasteiger partial charge in [-0.25, -0.2) is 0 Å². The van der Waals surface area contributed by atoms with Crippen LogP contribution >= 0.6 is 0 Å². The van der Waals surface area contributed by atoms with E-state index in [9.17, 15) is 0 Å². The number of hydrogen-bond donors (Lipinski definition) is 0. The van der Waals surface area contributed by atoms with Gasteiger partial charge in [0.25, 0.3) is 0 Å². The standard InChI is InChI=1S/C15H16O/c1-3-14-10-6-5-7-9-8(6)12(14)13(9)15(4-2,16-14)11(7)10/h3-4,6-13H,1-2,5H2. The van der Waals surface area contributed by atoms with Gasteiger partial charge in [0.05, 0.1) is 11.2 Å². The van der Waals surface area contributed by atoms with Gasteiger partial charge in [0.2, 0.25) is 0 Å². The molecule has 1 nitrogen and oxygen atoms in total. The molecule has 1 heteroatoms. The van der Waals surface area contributed by atoms with Crippen LogP contribution in [0.2, 0.25) is 0 Å². The van der Waals surface area contributed by atoms with E-state index in [4.69, 9.17) is 4.74 Å². The van der Waals surface area contributed by atoms with Crippen molar-refractivity contribution in [2.45, 2.75) is 17.6 Å².